The van der Waals surface area contributed by atoms with Gasteiger partial charge in [0.1, 0.15) is 11.5 Å². The first kappa shape index (κ1) is 17.9. The smallest absolute Gasteiger partial charge is 0.337 e. The van der Waals surface area contributed by atoms with Gasteiger partial charge in [-0.1, -0.05) is 12.8 Å². The fourth-order valence-electron chi connectivity index (χ4n) is 4.29. The molecule has 0 spiro atoms. The molecule has 3 heterocycles. The van der Waals surface area contributed by atoms with Crippen LogP contribution in [0.25, 0.3) is 0 Å². The third-order valence-electron chi connectivity index (χ3n) is 5.82. The Kier molecular flexibility index (Phi) is 4.80. The number of aryl methyl sites for hydroxylation is 2. The van der Waals surface area contributed by atoms with Gasteiger partial charge in [0, 0.05) is 38.3 Å². The molecule has 0 N–H and O–H groups in total. The summed E-state index contributed by atoms with van der Waals surface area (Å²) in [5.74, 6) is 1.04. The Balaban J connectivity index is 1.48. The normalized spacial score (nSPS) is 19.0. The van der Waals surface area contributed by atoms with Gasteiger partial charge < -0.3 is 4.90 Å². The average molecular weight is 370 g/mol. The van der Waals surface area contributed by atoms with Crippen LogP contribution >= 0.6 is 0 Å². The van der Waals surface area contributed by atoms with Gasteiger partial charge in [-0.2, -0.15) is 5.10 Å². The number of carbonyl (C=O) groups is 1. The molecular weight excluding hydrogens is 344 g/mol. The Hall–Kier alpha value is -2.51. The second-order valence-electron chi connectivity index (χ2n) is 7.68. The van der Waals surface area contributed by atoms with Crippen molar-refractivity contribution in [3.05, 3.63) is 40.1 Å². The fourth-order valence-corrected chi connectivity index (χ4v) is 4.29. The topological polar surface area (TPSA) is 85.9 Å². The maximum absolute atomic E-state index is 12.6. The largest absolute Gasteiger partial charge is 0.345 e. The molecule has 0 unspecified atom stereocenters. The summed E-state index contributed by atoms with van der Waals surface area (Å²) in [6.45, 7) is 3.15. The van der Waals surface area contributed by atoms with Gasteiger partial charge in [0.25, 0.3) is 5.91 Å². The second kappa shape index (κ2) is 7.25. The van der Waals surface area contributed by atoms with Gasteiger partial charge in [-0.15, -0.1) is 0 Å². The quantitative estimate of drug-likeness (QED) is 0.823. The molecule has 144 valence electrons. The van der Waals surface area contributed by atoms with Gasteiger partial charge in [-0.25, -0.2) is 14.5 Å². The molecule has 2 fully saturated rings. The van der Waals surface area contributed by atoms with E-state index in [4.69, 9.17) is 0 Å². The third kappa shape index (κ3) is 3.40. The molecule has 1 aliphatic heterocycles. The Morgan fingerprint density at radius 1 is 1.07 bits per heavy atom. The average Bonchev–Trinajstić information content (AvgIpc) is 3.30. The van der Waals surface area contributed by atoms with Crippen LogP contribution in [-0.4, -0.2) is 48.2 Å². The van der Waals surface area contributed by atoms with E-state index in [1.165, 1.54) is 17.5 Å². The van der Waals surface area contributed by atoms with Crippen molar-refractivity contribution in [2.45, 2.75) is 57.4 Å². The van der Waals surface area contributed by atoms with Crippen LogP contribution in [0.15, 0.2) is 17.2 Å². The molecule has 2 aliphatic rings. The van der Waals surface area contributed by atoms with E-state index in [1.54, 1.807) is 19.4 Å². The van der Waals surface area contributed by atoms with Crippen LogP contribution in [0.2, 0.25) is 0 Å². The van der Waals surface area contributed by atoms with E-state index in [2.05, 4.69) is 15.1 Å². The first-order chi connectivity index (χ1) is 13.0. The van der Waals surface area contributed by atoms with Crippen LogP contribution in [-0.2, 0) is 7.05 Å². The maximum atomic E-state index is 12.6. The minimum absolute atomic E-state index is 0.00895. The SMILES string of the molecule is Cc1cnc(C(=O)N2CCC(c3nn(C)c(=O)n3C3CCCC3)CC2)cn1. The lowest BCUT2D eigenvalue weighted by molar-refractivity contribution is 0.0703. The maximum Gasteiger partial charge on any atom is 0.345 e. The highest BCUT2D eigenvalue weighted by Gasteiger charge is 2.31. The highest BCUT2D eigenvalue weighted by molar-refractivity contribution is 5.92. The number of aromatic nitrogens is 5. The van der Waals surface area contributed by atoms with E-state index < -0.39 is 0 Å². The van der Waals surface area contributed by atoms with E-state index in [0.717, 1.165) is 37.2 Å². The lowest BCUT2D eigenvalue weighted by Crippen LogP contribution is -2.39. The predicted octanol–water partition coefficient (Wildman–Crippen LogP) is 1.82. The van der Waals surface area contributed by atoms with Crippen LogP contribution in [0.4, 0.5) is 0 Å². The minimum Gasteiger partial charge on any atom is -0.337 e. The molecule has 2 aromatic rings. The number of carbonyl (C=O) groups excluding carboxylic acids is 1. The molecule has 4 rings (SSSR count). The van der Waals surface area contributed by atoms with Gasteiger partial charge in [0.05, 0.1) is 11.9 Å². The van der Waals surface area contributed by atoms with Gasteiger partial charge in [-0.05, 0) is 32.6 Å². The summed E-state index contributed by atoms with van der Waals surface area (Å²) in [7, 11) is 1.73. The predicted molar refractivity (Wildman–Crippen MR) is 99.6 cm³/mol. The molecule has 1 saturated heterocycles. The Morgan fingerprint density at radius 2 is 1.78 bits per heavy atom. The summed E-state index contributed by atoms with van der Waals surface area (Å²) in [4.78, 5) is 35.4. The van der Waals surface area contributed by atoms with Crippen LogP contribution < -0.4 is 5.69 Å². The molecular formula is C19H26N6O2. The fraction of sp³-hybridized carbons (Fsp3) is 0.632. The number of hydrogen-bond acceptors (Lipinski definition) is 5. The monoisotopic (exact) mass is 370 g/mol. The van der Waals surface area contributed by atoms with Crippen molar-refractivity contribution in [3.63, 3.8) is 0 Å². The molecule has 0 aromatic carbocycles. The molecule has 0 radical (unpaired) electrons. The van der Waals surface area contributed by atoms with Crippen molar-refractivity contribution >= 4 is 5.91 Å². The molecule has 0 bridgehead atoms. The van der Waals surface area contributed by atoms with Crippen molar-refractivity contribution in [1.29, 1.82) is 0 Å². The third-order valence-corrected chi connectivity index (χ3v) is 5.82. The summed E-state index contributed by atoms with van der Waals surface area (Å²) in [6, 6.07) is 0.281. The van der Waals surface area contributed by atoms with Gasteiger partial charge in [0.2, 0.25) is 0 Å². The Bertz CT molecular complexity index is 871. The molecule has 0 atom stereocenters. The standard InChI is InChI=1S/C19H26N6O2/c1-13-11-21-16(12-20-13)18(26)24-9-7-14(8-10-24)17-22-23(2)19(27)25(17)15-5-3-4-6-15/h11-12,14-15H,3-10H2,1-2H3. The molecule has 8 nitrogen and oxygen atoms in total. The van der Waals surface area contributed by atoms with E-state index in [-0.39, 0.29) is 23.6 Å². The highest BCUT2D eigenvalue weighted by atomic mass is 16.2. The van der Waals surface area contributed by atoms with Crippen LogP contribution in [0.5, 0.6) is 0 Å². The number of nitrogens with zero attached hydrogens (tertiary/aromatic N) is 6. The van der Waals surface area contributed by atoms with Crippen molar-refractivity contribution in [3.8, 4) is 0 Å². The molecule has 27 heavy (non-hydrogen) atoms. The lowest BCUT2D eigenvalue weighted by Gasteiger charge is -2.31. The first-order valence-electron chi connectivity index (χ1n) is 9.78. The minimum atomic E-state index is -0.0739. The second-order valence-corrected chi connectivity index (χ2v) is 7.68. The van der Waals surface area contributed by atoms with Gasteiger partial charge >= 0.3 is 5.69 Å². The molecule has 2 aromatic heterocycles. The number of piperidine rings is 1. The zero-order valence-corrected chi connectivity index (χ0v) is 16.0. The van der Waals surface area contributed by atoms with Crippen LogP contribution in [0, 0.1) is 6.92 Å². The van der Waals surface area contributed by atoms with Crippen molar-refractivity contribution in [2.75, 3.05) is 13.1 Å². The van der Waals surface area contributed by atoms with Crippen LogP contribution in [0.1, 0.15) is 72.5 Å². The van der Waals surface area contributed by atoms with E-state index in [0.29, 0.717) is 18.8 Å². The number of amides is 1. The van der Waals surface area contributed by atoms with Crippen molar-refractivity contribution < 1.29 is 4.79 Å². The van der Waals surface area contributed by atoms with Gasteiger partial charge in [0.15, 0.2) is 0 Å². The summed E-state index contributed by atoms with van der Waals surface area (Å²) >= 11 is 0. The van der Waals surface area contributed by atoms with E-state index in [1.807, 2.05) is 16.4 Å². The summed E-state index contributed by atoms with van der Waals surface area (Å²) in [6.07, 6.45) is 9.26. The lowest BCUT2D eigenvalue weighted by atomic mass is 9.95. The molecule has 8 heteroatoms. The first-order valence-corrected chi connectivity index (χ1v) is 9.78. The summed E-state index contributed by atoms with van der Waals surface area (Å²) in [5, 5.41) is 4.56. The molecule has 1 amide bonds. The van der Waals surface area contributed by atoms with Crippen LogP contribution in [0.3, 0.4) is 0 Å². The zero-order valence-electron chi connectivity index (χ0n) is 16.0. The number of likely N-dealkylation sites (tertiary alicyclic amines) is 1. The Morgan fingerprint density at radius 3 is 2.41 bits per heavy atom. The zero-order chi connectivity index (χ0) is 19.0. The summed E-state index contributed by atoms with van der Waals surface area (Å²) < 4.78 is 3.40. The highest BCUT2D eigenvalue weighted by Crippen LogP contribution is 2.33. The molecule has 1 aliphatic carbocycles. The number of rotatable bonds is 3. The van der Waals surface area contributed by atoms with E-state index >= 15 is 0 Å². The molecule has 1 saturated carbocycles. The summed E-state index contributed by atoms with van der Waals surface area (Å²) in [5.41, 5.74) is 1.18. The van der Waals surface area contributed by atoms with Gasteiger partial charge in [-0.3, -0.25) is 14.3 Å². The number of hydrogen-bond donors (Lipinski definition) is 0. The van der Waals surface area contributed by atoms with Crippen molar-refractivity contribution in [1.82, 2.24) is 29.2 Å². The Labute approximate surface area is 158 Å². The van der Waals surface area contributed by atoms with Crippen molar-refractivity contribution in [2.24, 2.45) is 7.05 Å². The van der Waals surface area contributed by atoms with E-state index in [9.17, 15) is 9.59 Å².